The van der Waals surface area contributed by atoms with Gasteiger partial charge in [0.05, 0.1) is 24.5 Å². The Bertz CT molecular complexity index is 1690. The molecule has 0 saturated carbocycles. The highest BCUT2D eigenvalue weighted by Crippen LogP contribution is 2.35. The SMILES string of the molecule is CCCCC(C(=O)Nc1ccc2nn(C)cc2c1)n1cc(OC)c(-c2cc(Cl)ccc2-n2cnnn2)cc1=O. The van der Waals surface area contributed by atoms with E-state index in [0.29, 0.717) is 39.7 Å². The van der Waals surface area contributed by atoms with Gasteiger partial charge in [0.2, 0.25) is 5.91 Å². The molecular weight excluding hydrogens is 520 g/mol. The van der Waals surface area contributed by atoms with Crippen LogP contribution in [-0.4, -0.2) is 47.6 Å². The number of halogens is 1. The monoisotopic (exact) mass is 546 g/mol. The number of anilines is 1. The van der Waals surface area contributed by atoms with E-state index in [2.05, 4.69) is 25.9 Å². The number of carbonyl (C=O) groups excluding carboxylic acids is 1. The van der Waals surface area contributed by atoms with Crippen LogP contribution in [0.25, 0.3) is 27.7 Å². The van der Waals surface area contributed by atoms with Gasteiger partial charge in [0.15, 0.2) is 0 Å². The maximum absolute atomic E-state index is 13.5. The van der Waals surface area contributed by atoms with E-state index in [9.17, 15) is 9.59 Å². The summed E-state index contributed by atoms with van der Waals surface area (Å²) in [5.41, 5.74) is 2.83. The summed E-state index contributed by atoms with van der Waals surface area (Å²) in [6, 6.07) is 11.4. The van der Waals surface area contributed by atoms with Crippen LogP contribution < -0.4 is 15.6 Å². The van der Waals surface area contributed by atoms with Gasteiger partial charge in [-0.3, -0.25) is 18.8 Å². The van der Waals surface area contributed by atoms with Crippen molar-refractivity contribution in [1.29, 1.82) is 0 Å². The second-order valence-corrected chi connectivity index (χ2v) is 9.58. The molecule has 1 N–H and O–H groups in total. The minimum Gasteiger partial charge on any atom is -0.495 e. The van der Waals surface area contributed by atoms with Crippen molar-refractivity contribution in [3.8, 4) is 22.6 Å². The molecule has 12 heteroatoms. The van der Waals surface area contributed by atoms with Crippen molar-refractivity contribution in [2.75, 3.05) is 12.4 Å². The van der Waals surface area contributed by atoms with E-state index in [-0.39, 0.29) is 11.5 Å². The molecule has 11 nitrogen and oxygen atoms in total. The van der Waals surface area contributed by atoms with Crippen LogP contribution in [0.1, 0.15) is 32.2 Å². The number of methoxy groups -OCH3 is 1. The molecule has 0 bridgehead atoms. The average Bonchev–Trinajstić information content (AvgIpc) is 3.58. The number of benzene rings is 2. The number of ether oxygens (including phenoxy) is 1. The maximum Gasteiger partial charge on any atom is 0.252 e. The molecular formula is C27H27ClN8O3. The Balaban J connectivity index is 1.54. The molecule has 200 valence electrons. The predicted molar refractivity (Wildman–Crippen MR) is 148 cm³/mol. The van der Waals surface area contributed by atoms with Gasteiger partial charge in [-0.2, -0.15) is 9.78 Å². The Morgan fingerprint density at radius 2 is 1.97 bits per heavy atom. The van der Waals surface area contributed by atoms with Crippen LogP contribution in [-0.2, 0) is 11.8 Å². The van der Waals surface area contributed by atoms with E-state index >= 15 is 0 Å². The summed E-state index contributed by atoms with van der Waals surface area (Å²) in [6.07, 6.45) is 7.02. The van der Waals surface area contributed by atoms with E-state index in [1.165, 1.54) is 28.8 Å². The molecule has 0 spiro atoms. The number of carbonyl (C=O) groups is 1. The fraction of sp³-hybridized carbons (Fsp3) is 0.259. The number of amides is 1. The predicted octanol–water partition coefficient (Wildman–Crippen LogP) is 4.41. The maximum atomic E-state index is 13.5. The normalized spacial score (nSPS) is 12.0. The first-order chi connectivity index (χ1) is 18.9. The number of aryl methyl sites for hydroxylation is 1. The van der Waals surface area contributed by atoms with Gasteiger partial charge in [0, 0.05) is 46.5 Å². The van der Waals surface area contributed by atoms with Gasteiger partial charge >= 0.3 is 0 Å². The molecule has 0 aliphatic carbocycles. The molecule has 3 aromatic heterocycles. The van der Waals surface area contributed by atoms with E-state index < -0.39 is 6.04 Å². The van der Waals surface area contributed by atoms with Gasteiger partial charge in [0.25, 0.3) is 5.56 Å². The average molecular weight is 547 g/mol. The number of tetrazole rings is 1. The van der Waals surface area contributed by atoms with Crippen LogP contribution in [0.2, 0.25) is 5.02 Å². The van der Waals surface area contributed by atoms with Crippen molar-refractivity contribution in [1.82, 2.24) is 34.6 Å². The van der Waals surface area contributed by atoms with Gasteiger partial charge < -0.3 is 10.1 Å². The first-order valence-corrected chi connectivity index (χ1v) is 12.8. The van der Waals surface area contributed by atoms with Crippen LogP contribution in [0.3, 0.4) is 0 Å². The fourth-order valence-electron chi connectivity index (χ4n) is 4.59. The van der Waals surface area contributed by atoms with Crippen molar-refractivity contribution in [2.45, 2.75) is 32.2 Å². The molecule has 1 amide bonds. The third kappa shape index (κ3) is 5.39. The topological polar surface area (TPSA) is 122 Å². The number of aromatic nitrogens is 7. The molecule has 2 aromatic carbocycles. The minimum absolute atomic E-state index is 0.291. The highest BCUT2D eigenvalue weighted by molar-refractivity contribution is 6.31. The van der Waals surface area contributed by atoms with Gasteiger partial charge in [0.1, 0.15) is 18.1 Å². The summed E-state index contributed by atoms with van der Waals surface area (Å²) in [5.74, 6) is 0.109. The molecule has 1 unspecified atom stereocenters. The zero-order valence-corrected chi connectivity index (χ0v) is 22.5. The number of nitrogens with zero attached hydrogens (tertiary/aromatic N) is 7. The number of fused-ring (bicyclic) bond motifs is 1. The van der Waals surface area contributed by atoms with Crippen LogP contribution in [0.4, 0.5) is 5.69 Å². The van der Waals surface area contributed by atoms with Gasteiger partial charge in [-0.1, -0.05) is 31.4 Å². The molecule has 0 saturated heterocycles. The van der Waals surface area contributed by atoms with Crippen LogP contribution in [0.5, 0.6) is 5.75 Å². The molecule has 5 aromatic rings. The number of rotatable bonds is 9. The van der Waals surface area contributed by atoms with Crippen LogP contribution in [0, 0.1) is 0 Å². The first kappa shape index (κ1) is 26.1. The molecule has 5 rings (SSSR count). The quantitative estimate of drug-likeness (QED) is 0.290. The lowest BCUT2D eigenvalue weighted by atomic mass is 10.0. The van der Waals surface area contributed by atoms with E-state index in [1.807, 2.05) is 32.3 Å². The zero-order chi connectivity index (χ0) is 27.5. The number of hydrogen-bond acceptors (Lipinski definition) is 7. The molecule has 0 radical (unpaired) electrons. The number of pyridine rings is 1. The second kappa shape index (κ2) is 11.1. The van der Waals surface area contributed by atoms with E-state index in [0.717, 1.165) is 23.7 Å². The summed E-state index contributed by atoms with van der Waals surface area (Å²) < 4.78 is 10.3. The van der Waals surface area contributed by atoms with Gasteiger partial charge in [-0.05, 0) is 53.2 Å². The summed E-state index contributed by atoms with van der Waals surface area (Å²) >= 11 is 6.32. The Kier molecular flexibility index (Phi) is 7.42. The Morgan fingerprint density at radius 1 is 1.13 bits per heavy atom. The number of nitrogens with one attached hydrogen (secondary N) is 1. The minimum atomic E-state index is -0.747. The lowest BCUT2D eigenvalue weighted by Crippen LogP contribution is -2.33. The summed E-state index contributed by atoms with van der Waals surface area (Å²) in [7, 11) is 3.36. The zero-order valence-electron chi connectivity index (χ0n) is 21.7. The summed E-state index contributed by atoms with van der Waals surface area (Å²) in [6.45, 7) is 2.04. The molecule has 39 heavy (non-hydrogen) atoms. The third-order valence-corrected chi connectivity index (χ3v) is 6.70. The van der Waals surface area contributed by atoms with Gasteiger partial charge in [-0.25, -0.2) is 0 Å². The Labute approximate surface area is 229 Å². The highest BCUT2D eigenvalue weighted by atomic mass is 35.5. The molecule has 0 aliphatic heterocycles. The number of unbranched alkanes of at least 4 members (excludes halogenated alkanes) is 1. The van der Waals surface area contributed by atoms with Crippen molar-refractivity contribution in [3.05, 3.63) is 76.6 Å². The standard InChI is InChI=1S/C27H27ClN8O3/c1-4-5-6-24(27(38)30-19-8-9-22-17(11-19)14-34(2)31-22)35-15-25(39-3)21(13-26(35)37)20-12-18(28)7-10-23(20)36-16-29-32-33-36/h7-16,24H,4-6H2,1-3H3,(H,30,38). The van der Waals surface area contributed by atoms with E-state index in [1.54, 1.807) is 35.1 Å². The van der Waals surface area contributed by atoms with Crippen LogP contribution >= 0.6 is 11.6 Å². The first-order valence-electron chi connectivity index (χ1n) is 12.5. The van der Waals surface area contributed by atoms with Crippen molar-refractivity contribution < 1.29 is 9.53 Å². The molecule has 0 fully saturated rings. The van der Waals surface area contributed by atoms with E-state index in [4.69, 9.17) is 16.3 Å². The lowest BCUT2D eigenvalue weighted by Gasteiger charge is -2.21. The Hall–Kier alpha value is -4.51. The third-order valence-electron chi connectivity index (χ3n) is 6.46. The van der Waals surface area contributed by atoms with Crippen LogP contribution in [0.15, 0.2) is 66.0 Å². The number of hydrogen-bond donors (Lipinski definition) is 1. The fourth-order valence-corrected chi connectivity index (χ4v) is 4.76. The lowest BCUT2D eigenvalue weighted by molar-refractivity contribution is -0.119. The molecule has 3 heterocycles. The van der Waals surface area contributed by atoms with Crippen molar-refractivity contribution in [2.24, 2.45) is 7.05 Å². The summed E-state index contributed by atoms with van der Waals surface area (Å²) in [4.78, 5) is 27.1. The largest absolute Gasteiger partial charge is 0.495 e. The molecule has 1 atom stereocenters. The smallest absolute Gasteiger partial charge is 0.252 e. The Morgan fingerprint density at radius 3 is 2.72 bits per heavy atom. The highest BCUT2D eigenvalue weighted by Gasteiger charge is 2.24. The summed E-state index contributed by atoms with van der Waals surface area (Å²) in [5, 5.41) is 20.1. The van der Waals surface area contributed by atoms with Gasteiger partial charge in [-0.15, -0.1) is 5.10 Å². The molecule has 0 aliphatic rings. The van der Waals surface area contributed by atoms with Crippen molar-refractivity contribution in [3.63, 3.8) is 0 Å². The van der Waals surface area contributed by atoms with Crippen molar-refractivity contribution >= 4 is 34.1 Å². The second-order valence-electron chi connectivity index (χ2n) is 9.14.